The number of benzene rings is 1. The summed E-state index contributed by atoms with van der Waals surface area (Å²) in [7, 11) is 0. The molecule has 1 aromatic carbocycles. The van der Waals surface area contributed by atoms with E-state index in [9.17, 15) is 4.79 Å². The van der Waals surface area contributed by atoms with Gasteiger partial charge in [-0.1, -0.05) is 42.1 Å². The third-order valence-electron chi connectivity index (χ3n) is 4.08. The minimum absolute atomic E-state index is 0.114. The first kappa shape index (κ1) is 15.9. The lowest BCUT2D eigenvalue weighted by atomic mass is 10.0. The van der Waals surface area contributed by atoms with E-state index < -0.39 is 0 Å². The van der Waals surface area contributed by atoms with E-state index >= 15 is 0 Å². The second kappa shape index (κ2) is 6.62. The van der Waals surface area contributed by atoms with Crippen LogP contribution in [0.3, 0.4) is 0 Å². The second-order valence-corrected chi connectivity index (χ2v) is 6.54. The van der Waals surface area contributed by atoms with Crippen molar-refractivity contribution in [3.8, 4) is 0 Å². The molecule has 0 bridgehead atoms. The normalized spacial score (nSPS) is 19.8. The highest BCUT2D eigenvalue weighted by molar-refractivity contribution is 8.00. The minimum atomic E-state index is -0.256. The number of rotatable bonds is 4. The van der Waals surface area contributed by atoms with Crippen molar-refractivity contribution in [3.05, 3.63) is 41.7 Å². The van der Waals surface area contributed by atoms with Crippen molar-refractivity contribution in [2.75, 3.05) is 18.5 Å². The summed E-state index contributed by atoms with van der Waals surface area (Å²) in [6, 6.07) is 9.95. The van der Waals surface area contributed by atoms with Crippen LogP contribution >= 0.6 is 11.8 Å². The molecule has 2 atom stereocenters. The predicted molar refractivity (Wildman–Crippen MR) is 90.9 cm³/mol. The minimum Gasteiger partial charge on any atom is -0.342 e. The number of nitrogens with one attached hydrogen (secondary N) is 1. The Balaban J connectivity index is 1.99. The van der Waals surface area contributed by atoms with E-state index in [1.807, 2.05) is 60.7 Å². The predicted octanol–water partition coefficient (Wildman–Crippen LogP) is 2.21. The van der Waals surface area contributed by atoms with Crippen LogP contribution in [-0.2, 0) is 4.79 Å². The summed E-state index contributed by atoms with van der Waals surface area (Å²) < 4.78 is 1.87. The highest BCUT2D eigenvalue weighted by Gasteiger charge is 2.38. The lowest BCUT2D eigenvalue weighted by Gasteiger charge is -2.35. The van der Waals surface area contributed by atoms with Gasteiger partial charge in [0.2, 0.25) is 11.1 Å². The van der Waals surface area contributed by atoms with Gasteiger partial charge in [0, 0.05) is 13.1 Å². The summed E-state index contributed by atoms with van der Waals surface area (Å²) in [5.41, 5.74) is 4.51. The van der Waals surface area contributed by atoms with Crippen LogP contribution < -0.4 is 5.43 Å². The Bertz CT molecular complexity index is 683. The molecular formula is C16H21N5OS. The van der Waals surface area contributed by atoms with Gasteiger partial charge < -0.3 is 10.3 Å². The summed E-state index contributed by atoms with van der Waals surface area (Å²) >= 11 is 1.48. The molecule has 0 unspecified atom stereocenters. The molecule has 2 aromatic rings. The average molecular weight is 331 g/mol. The number of fused-ring (bicyclic) bond motifs is 1. The zero-order chi connectivity index (χ0) is 16.4. The molecule has 0 aliphatic carbocycles. The zero-order valence-electron chi connectivity index (χ0n) is 13.6. The van der Waals surface area contributed by atoms with Crippen LogP contribution in [0.15, 0.2) is 35.5 Å². The highest BCUT2D eigenvalue weighted by atomic mass is 32.2. The molecule has 1 aliphatic rings. The van der Waals surface area contributed by atoms with Crippen LogP contribution in [0.25, 0.3) is 0 Å². The Labute approximate surface area is 140 Å². The van der Waals surface area contributed by atoms with Crippen LogP contribution in [0.2, 0.25) is 0 Å². The fourth-order valence-corrected chi connectivity index (χ4v) is 3.98. The van der Waals surface area contributed by atoms with E-state index in [0.717, 1.165) is 16.5 Å². The first-order chi connectivity index (χ1) is 11.2. The lowest BCUT2D eigenvalue weighted by molar-refractivity contribution is -0.130. The number of thioether (sulfide) groups is 1. The van der Waals surface area contributed by atoms with Gasteiger partial charge in [0.25, 0.3) is 0 Å². The van der Waals surface area contributed by atoms with Gasteiger partial charge in [-0.05, 0) is 26.3 Å². The third-order valence-corrected chi connectivity index (χ3v) is 5.28. The average Bonchev–Trinajstić information content (AvgIpc) is 2.96. The summed E-state index contributed by atoms with van der Waals surface area (Å²) in [5, 5.41) is 8.76. The van der Waals surface area contributed by atoms with Crippen molar-refractivity contribution in [1.29, 1.82) is 0 Å². The summed E-state index contributed by atoms with van der Waals surface area (Å²) in [6.45, 7) is 7.33. The first-order valence-corrected chi connectivity index (χ1v) is 8.72. The standard InChI is InChI=1S/C16H21N5OS/c1-4-20(5-2)15(22)14-13(12-9-7-6-8-10-12)19-21-11(3)17-18-16(21)23-14/h6-10,13-14,19H,4-5H2,1-3H3/t13-,14-/m1/s1. The number of carbonyl (C=O) groups excluding carboxylic acids is 1. The molecule has 122 valence electrons. The number of hydrogen-bond acceptors (Lipinski definition) is 5. The monoisotopic (exact) mass is 331 g/mol. The molecule has 6 nitrogen and oxygen atoms in total. The van der Waals surface area contributed by atoms with Gasteiger partial charge in [-0.3, -0.25) is 4.79 Å². The van der Waals surface area contributed by atoms with Gasteiger partial charge in [0.05, 0.1) is 6.04 Å². The maximum absolute atomic E-state index is 13.0. The Kier molecular flexibility index (Phi) is 4.56. The molecule has 2 heterocycles. The van der Waals surface area contributed by atoms with Gasteiger partial charge in [0.1, 0.15) is 11.1 Å². The van der Waals surface area contributed by atoms with Gasteiger partial charge >= 0.3 is 0 Å². The summed E-state index contributed by atoms with van der Waals surface area (Å²) in [4.78, 5) is 14.8. The largest absolute Gasteiger partial charge is 0.342 e. The molecule has 0 fully saturated rings. The number of carbonyl (C=O) groups is 1. The molecule has 7 heteroatoms. The number of amides is 1. The molecule has 0 saturated carbocycles. The molecule has 3 rings (SSSR count). The number of aromatic nitrogens is 3. The molecule has 1 amide bonds. The van der Waals surface area contributed by atoms with E-state index in [2.05, 4.69) is 15.6 Å². The Morgan fingerprint density at radius 2 is 1.96 bits per heavy atom. The van der Waals surface area contributed by atoms with E-state index in [1.54, 1.807) is 0 Å². The molecule has 23 heavy (non-hydrogen) atoms. The van der Waals surface area contributed by atoms with Crippen LogP contribution in [0.4, 0.5) is 0 Å². The van der Waals surface area contributed by atoms with Crippen LogP contribution in [-0.4, -0.2) is 44.0 Å². The molecular weight excluding hydrogens is 310 g/mol. The van der Waals surface area contributed by atoms with Gasteiger partial charge in [-0.15, -0.1) is 10.2 Å². The summed E-state index contributed by atoms with van der Waals surface area (Å²) in [5.74, 6) is 0.926. The fraction of sp³-hybridized carbons (Fsp3) is 0.438. The van der Waals surface area contributed by atoms with Crippen molar-refractivity contribution >= 4 is 17.7 Å². The topological polar surface area (TPSA) is 63.1 Å². The smallest absolute Gasteiger partial charge is 0.238 e. The maximum atomic E-state index is 13.0. The van der Waals surface area contributed by atoms with Gasteiger partial charge in [0.15, 0.2) is 0 Å². The van der Waals surface area contributed by atoms with Crippen LogP contribution in [0.1, 0.15) is 31.3 Å². The van der Waals surface area contributed by atoms with Crippen molar-refractivity contribution in [2.45, 2.75) is 37.2 Å². The molecule has 0 spiro atoms. The van der Waals surface area contributed by atoms with Crippen molar-refractivity contribution in [3.63, 3.8) is 0 Å². The number of nitrogens with zero attached hydrogens (tertiary/aromatic N) is 4. The lowest BCUT2D eigenvalue weighted by Crippen LogP contribution is -2.46. The third kappa shape index (κ3) is 2.93. The number of aryl methyl sites for hydroxylation is 1. The molecule has 0 saturated heterocycles. The SMILES string of the molecule is CCN(CC)C(=O)[C@@H]1Sc2nnc(C)n2N[C@@H]1c1ccccc1. The Morgan fingerprint density at radius 1 is 1.26 bits per heavy atom. The number of hydrogen-bond donors (Lipinski definition) is 1. The Hall–Kier alpha value is -2.02. The zero-order valence-corrected chi connectivity index (χ0v) is 14.4. The highest BCUT2D eigenvalue weighted by Crippen LogP contribution is 2.37. The maximum Gasteiger partial charge on any atom is 0.238 e. The molecule has 1 N–H and O–H groups in total. The first-order valence-electron chi connectivity index (χ1n) is 7.84. The van der Waals surface area contributed by atoms with E-state index in [-0.39, 0.29) is 17.2 Å². The van der Waals surface area contributed by atoms with E-state index in [1.165, 1.54) is 11.8 Å². The van der Waals surface area contributed by atoms with Crippen LogP contribution in [0, 0.1) is 6.92 Å². The summed E-state index contributed by atoms with van der Waals surface area (Å²) in [6.07, 6.45) is 0. The molecule has 0 radical (unpaired) electrons. The van der Waals surface area contributed by atoms with Gasteiger partial charge in [-0.2, -0.15) is 0 Å². The van der Waals surface area contributed by atoms with Gasteiger partial charge in [-0.25, -0.2) is 4.68 Å². The van der Waals surface area contributed by atoms with Crippen molar-refractivity contribution in [1.82, 2.24) is 19.8 Å². The van der Waals surface area contributed by atoms with E-state index in [4.69, 9.17) is 0 Å². The van der Waals surface area contributed by atoms with Crippen LogP contribution in [0.5, 0.6) is 0 Å². The Morgan fingerprint density at radius 3 is 2.61 bits per heavy atom. The van der Waals surface area contributed by atoms with Crippen molar-refractivity contribution in [2.24, 2.45) is 0 Å². The molecule has 1 aromatic heterocycles. The molecule has 1 aliphatic heterocycles. The fourth-order valence-electron chi connectivity index (χ4n) is 2.77. The van der Waals surface area contributed by atoms with E-state index in [0.29, 0.717) is 13.1 Å². The quantitative estimate of drug-likeness (QED) is 0.931. The second-order valence-electron chi connectivity index (χ2n) is 5.43. The van der Waals surface area contributed by atoms with Crippen molar-refractivity contribution < 1.29 is 4.79 Å².